The van der Waals surface area contributed by atoms with E-state index >= 15 is 0 Å². The SMILES string of the molecule is CC/C=C\C/C=C\C/C=C\C/C=C\C/C=C\CCCC(=O)OCC(COCCCCCCCCCC/C=C\CCCCCCCC)OC(=O)CCCCCCCCCCC. The predicted molar refractivity (Wildman–Crippen MR) is 260 cm³/mol. The van der Waals surface area contributed by atoms with Crippen LogP contribution >= 0.6 is 0 Å². The molecule has 0 saturated heterocycles. The molecule has 0 fully saturated rings. The zero-order valence-corrected chi connectivity index (χ0v) is 39.7. The van der Waals surface area contributed by atoms with Crippen LogP contribution in [0.5, 0.6) is 0 Å². The normalized spacial score (nSPS) is 12.8. The monoisotopic (exact) mass is 837 g/mol. The third-order valence-electron chi connectivity index (χ3n) is 10.7. The number of hydrogen-bond donors (Lipinski definition) is 0. The van der Waals surface area contributed by atoms with Gasteiger partial charge < -0.3 is 14.2 Å². The van der Waals surface area contributed by atoms with Crippen molar-refractivity contribution in [3.8, 4) is 0 Å². The van der Waals surface area contributed by atoms with Crippen LogP contribution in [-0.2, 0) is 23.8 Å². The molecule has 1 unspecified atom stereocenters. The third-order valence-corrected chi connectivity index (χ3v) is 10.7. The van der Waals surface area contributed by atoms with Gasteiger partial charge in [-0.05, 0) is 83.5 Å². The van der Waals surface area contributed by atoms with Crippen molar-refractivity contribution in [3.05, 3.63) is 72.9 Å². The lowest BCUT2D eigenvalue weighted by atomic mass is 10.1. The number of allylic oxidation sites excluding steroid dienone is 12. The van der Waals surface area contributed by atoms with Crippen molar-refractivity contribution in [2.75, 3.05) is 19.8 Å². The van der Waals surface area contributed by atoms with E-state index in [1.54, 1.807) is 0 Å². The Labute approximate surface area is 372 Å². The average Bonchev–Trinajstić information content (AvgIpc) is 3.25. The minimum absolute atomic E-state index is 0.0545. The van der Waals surface area contributed by atoms with Crippen molar-refractivity contribution in [2.45, 2.75) is 245 Å². The quantitative estimate of drug-likeness (QED) is 0.0347. The molecule has 0 radical (unpaired) electrons. The first-order valence-electron chi connectivity index (χ1n) is 25.5. The average molecular weight is 837 g/mol. The molecule has 0 aliphatic carbocycles. The standard InChI is InChI=1S/C55H96O5/c1-4-7-10-13-16-19-21-23-25-27-29-31-33-35-38-41-44-47-50-58-51-53(60-55(57)49-46-43-40-36-18-15-12-9-6-3)52-59-54(56)48-45-42-39-37-34-32-30-28-26-24-22-20-17-14-11-8-5-2/h8,11,17,20,23-26,30,32,37,39,53H,4-7,9-10,12-16,18-19,21-22,27-29,31,33-36,38,40-52H2,1-3H3/b11-8-,20-17-,25-23-,26-24-,32-30-,39-37-. The second-order valence-electron chi connectivity index (χ2n) is 16.7. The molecule has 346 valence electrons. The van der Waals surface area contributed by atoms with E-state index in [0.29, 0.717) is 19.4 Å². The van der Waals surface area contributed by atoms with Crippen LogP contribution in [0.4, 0.5) is 0 Å². The van der Waals surface area contributed by atoms with Gasteiger partial charge in [0.15, 0.2) is 6.10 Å². The van der Waals surface area contributed by atoms with Crippen LogP contribution in [-0.4, -0.2) is 37.9 Å². The van der Waals surface area contributed by atoms with Crippen molar-refractivity contribution >= 4 is 11.9 Å². The summed E-state index contributed by atoms with van der Waals surface area (Å²) in [6.07, 6.45) is 64.9. The van der Waals surface area contributed by atoms with E-state index in [4.69, 9.17) is 14.2 Å². The fourth-order valence-corrected chi connectivity index (χ4v) is 6.95. The minimum atomic E-state index is -0.559. The highest BCUT2D eigenvalue weighted by atomic mass is 16.6. The van der Waals surface area contributed by atoms with Gasteiger partial charge in [-0.15, -0.1) is 0 Å². The third kappa shape index (κ3) is 48.0. The number of ether oxygens (including phenoxy) is 3. The molecule has 0 aromatic rings. The van der Waals surface area contributed by atoms with E-state index in [1.807, 2.05) is 0 Å². The predicted octanol–water partition coefficient (Wildman–Crippen LogP) is 17.1. The summed E-state index contributed by atoms with van der Waals surface area (Å²) in [6.45, 7) is 7.64. The Hall–Kier alpha value is -2.66. The molecule has 5 heteroatoms. The van der Waals surface area contributed by atoms with Crippen LogP contribution in [0, 0.1) is 0 Å². The fraction of sp³-hybridized carbons (Fsp3) is 0.745. The Bertz CT molecular complexity index is 1080. The zero-order chi connectivity index (χ0) is 43.5. The maximum absolute atomic E-state index is 12.7. The van der Waals surface area contributed by atoms with Crippen molar-refractivity contribution < 1.29 is 23.8 Å². The van der Waals surface area contributed by atoms with E-state index in [1.165, 1.54) is 135 Å². The Kier molecular flexibility index (Phi) is 48.4. The molecule has 1 atom stereocenters. The van der Waals surface area contributed by atoms with Crippen molar-refractivity contribution in [2.24, 2.45) is 0 Å². The summed E-state index contributed by atoms with van der Waals surface area (Å²) in [4.78, 5) is 25.3. The molecule has 0 rings (SSSR count). The summed E-state index contributed by atoms with van der Waals surface area (Å²) in [5, 5.41) is 0. The van der Waals surface area contributed by atoms with Gasteiger partial charge in [-0.2, -0.15) is 0 Å². The van der Waals surface area contributed by atoms with Crippen molar-refractivity contribution in [3.63, 3.8) is 0 Å². The number of unbranched alkanes of at least 4 members (excludes halogenated alkanes) is 23. The number of hydrogen-bond acceptors (Lipinski definition) is 5. The summed E-state index contributed by atoms with van der Waals surface area (Å²) in [5.41, 5.74) is 0. The van der Waals surface area contributed by atoms with Gasteiger partial charge in [-0.25, -0.2) is 0 Å². The fourth-order valence-electron chi connectivity index (χ4n) is 6.95. The van der Waals surface area contributed by atoms with Gasteiger partial charge in [0.05, 0.1) is 6.61 Å². The largest absolute Gasteiger partial charge is 0.462 e. The molecule has 0 aromatic carbocycles. The van der Waals surface area contributed by atoms with Gasteiger partial charge in [0.1, 0.15) is 6.61 Å². The molecule has 5 nitrogen and oxygen atoms in total. The second-order valence-corrected chi connectivity index (χ2v) is 16.7. The van der Waals surface area contributed by atoms with Crippen LogP contribution in [0.25, 0.3) is 0 Å². The summed E-state index contributed by atoms with van der Waals surface area (Å²) < 4.78 is 17.3. The lowest BCUT2D eigenvalue weighted by Gasteiger charge is -2.18. The molecule has 60 heavy (non-hydrogen) atoms. The molecule has 0 aliphatic rings. The zero-order valence-electron chi connectivity index (χ0n) is 39.7. The first-order chi connectivity index (χ1) is 29.6. The number of rotatable bonds is 46. The Morgan fingerprint density at radius 1 is 0.383 bits per heavy atom. The molecule has 0 amide bonds. The van der Waals surface area contributed by atoms with Crippen LogP contribution in [0.3, 0.4) is 0 Å². The first kappa shape index (κ1) is 57.3. The number of carbonyl (C=O) groups is 2. The van der Waals surface area contributed by atoms with Crippen molar-refractivity contribution in [1.82, 2.24) is 0 Å². The van der Waals surface area contributed by atoms with Gasteiger partial charge in [0.2, 0.25) is 0 Å². The molecule has 0 spiro atoms. The van der Waals surface area contributed by atoms with Gasteiger partial charge >= 0.3 is 11.9 Å². The molecule has 0 N–H and O–H groups in total. The van der Waals surface area contributed by atoms with Crippen LogP contribution < -0.4 is 0 Å². The summed E-state index contributed by atoms with van der Waals surface area (Å²) in [6, 6.07) is 0. The van der Waals surface area contributed by atoms with E-state index in [0.717, 1.165) is 70.6 Å². The van der Waals surface area contributed by atoms with E-state index < -0.39 is 6.10 Å². The molecule has 0 bridgehead atoms. The Morgan fingerprint density at radius 2 is 0.767 bits per heavy atom. The van der Waals surface area contributed by atoms with Crippen molar-refractivity contribution in [1.29, 1.82) is 0 Å². The molecule has 0 aliphatic heterocycles. The lowest BCUT2D eigenvalue weighted by molar-refractivity contribution is -0.163. The second kappa shape index (κ2) is 50.7. The highest BCUT2D eigenvalue weighted by Gasteiger charge is 2.17. The van der Waals surface area contributed by atoms with Crippen LogP contribution in [0.15, 0.2) is 72.9 Å². The summed E-state index contributed by atoms with van der Waals surface area (Å²) in [5.74, 6) is -0.465. The van der Waals surface area contributed by atoms with E-state index in [9.17, 15) is 9.59 Å². The molecule has 0 aromatic heterocycles. The minimum Gasteiger partial charge on any atom is -0.462 e. The number of carbonyl (C=O) groups excluding carboxylic acids is 2. The molecular formula is C55H96O5. The number of esters is 2. The Morgan fingerprint density at radius 3 is 1.27 bits per heavy atom. The smallest absolute Gasteiger partial charge is 0.306 e. The maximum atomic E-state index is 12.7. The van der Waals surface area contributed by atoms with Gasteiger partial charge in [-0.3, -0.25) is 9.59 Å². The van der Waals surface area contributed by atoms with E-state index in [2.05, 4.69) is 93.7 Å². The summed E-state index contributed by atoms with van der Waals surface area (Å²) in [7, 11) is 0. The van der Waals surface area contributed by atoms with Crippen LogP contribution in [0.2, 0.25) is 0 Å². The highest BCUT2D eigenvalue weighted by Crippen LogP contribution is 2.14. The van der Waals surface area contributed by atoms with E-state index in [-0.39, 0.29) is 25.2 Å². The van der Waals surface area contributed by atoms with Crippen LogP contribution in [0.1, 0.15) is 239 Å². The lowest BCUT2D eigenvalue weighted by Crippen LogP contribution is -2.30. The molecular weight excluding hydrogens is 741 g/mol. The Balaban J connectivity index is 4.27. The molecule has 0 heterocycles. The maximum Gasteiger partial charge on any atom is 0.306 e. The van der Waals surface area contributed by atoms with Gasteiger partial charge in [0.25, 0.3) is 0 Å². The summed E-state index contributed by atoms with van der Waals surface area (Å²) >= 11 is 0. The highest BCUT2D eigenvalue weighted by molar-refractivity contribution is 5.70. The first-order valence-corrected chi connectivity index (χ1v) is 25.5. The van der Waals surface area contributed by atoms with Gasteiger partial charge in [0, 0.05) is 19.4 Å². The molecule has 0 saturated carbocycles. The topological polar surface area (TPSA) is 61.8 Å². The van der Waals surface area contributed by atoms with Gasteiger partial charge in [-0.1, -0.05) is 216 Å².